The zero-order chi connectivity index (χ0) is 21.6. The number of ether oxygens (including phenoxy) is 1. The molecule has 1 aliphatic rings. The Morgan fingerprint density at radius 1 is 1.03 bits per heavy atom. The fourth-order valence-electron chi connectivity index (χ4n) is 3.41. The van der Waals surface area contributed by atoms with Crippen LogP contribution in [0.4, 0.5) is 0 Å². The number of carbonyl (C=O) groups is 1. The Labute approximate surface area is 181 Å². The van der Waals surface area contributed by atoms with Gasteiger partial charge in [0.1, 0.15) is 5.75 Å². The number of carbonyl (C=O) groups excluding carboxylic acids is 1. The lowest BCUT2D eigenvalue weighted by Gasteiger charge is -2.18. The summed E-state index contributed by atoms with van der Waals surface area (Å²) in [7, 11) is 1.66. The second kappa shape index (κ2) is 13.8. The van der Waals surface area contributed by atoms with Gasteiger partial charge in [-0.25, -0.2) is 0 Å². The van der Waals surface area contributed by atoms with Crippen LogP contribution in [-0.4, -0.2) is 50.6 Å². The third kappa shape index (κ3) is 8.17. The molecule has 3 rings (SSSR count). The Balaban J connectivity index is 0.000000558. The van der Waals surface area contributed by atoms with Gasteiger partial charge in [-0.1, -0.05) is 44.2 Å². The van der Waals surface area contributed by atoms with Crippen molar-refractivity contribution in [3.8, 4) is 5.75 Å². The lowest BCUT2D eigenvalue weighted by molar-refractivity contribution is 0.0954. The molecule has 0 radical (unpaired) electrons. The van der Waals surface area contributed by atoms with E-state index in [1.807, 2.05) is 48.5 Å². The molecule has 30 heavy (non-hydrogen) atoms. The first kappa shape index (κ1) is 23.9. The van der Waals surface area contributed by atoms with E-state index < -0.39 is 0 Å². The van der Waals surface area contributed by atoms with Crippen molar-refractivity contribution in [3.63, 3.8) is 0 Å². The maximum atomic E-state index is 12.3. The maximum Gasteiger partial charge on any atom is 0.251 e. The van der Waals surface area contributed by atoms with Crippen molar-refractivity contribution in [1.29, 1.82) is 0 Å². The van der Waals surface area contributed by atoms with Crippen LogP contribution < -0.4 is 15.4 Å². The van der Waals surface area contributed by atoms with Gasteiger partial charge < -0.3 is 15.4 Å². The van der Waals surface area contributed by atoms with E-state index in [0.29, 0.717) is 12.1 Å². The third-order valence-electron chi connectivity index (χ3n) is 5.35. The fourth-order valence-corrected chi connectivity index (χ4v) is 3.41. The molecule has 0 unspecified atom stereocenters. The molecule has 1 amide bonds. The van der Waals surface area contributed by atoms with Gasteiger partial charge in [-0.3, -0.25) is 9.69 Å². The van der Waals surface area contributed by atoms with Crippen LogP contribution in [-0.2, 0) is 13.0 Å². The van der Waals surface area contributed by atoms with Gasteiger partial charge in [0.2, 0.25) is 0 Å². The Morgan fingerprint density at radius 2 is 1.70 bits per heavy atom. The number of hydrogen-bond donors (Lipinski definition) is 2. The van der Waals surface area contributed by atoms with Gasteiger partial charge >= 0.3 is 0 Å². The van der Waals surface area contributed by atoms with Crippen molar-refractivity contribution in [2.45, 2.75) is 39.7 Å². The molecule has 0 aliphatic carbocycles. The van der Waals surface area contributed by atoms with E-state index >= 15 is 0 Å². The third-order valence-corrected chi connectivity index (χ3v) is 5.35. The first-order valence-corrected chi connectivity index (χ1v) is 11.1. The summed E-state index contributed by atoms with van der Waals surface area (Å²) in [5.74, 6) is 0.821. The van der Waals surface area contributed by atoms with E-state index in [2.05, 4.69) is 29.4 Å². The van der Waals surface area contributed by atoms with Gasteiger partial charge in [-0.15, -0.1) is 0 Å². The largest absolute Gasteiger partial charge is 0.496 e. The predicted octanol–water partition coefficient (Wildman–Crippen LogP) is 3.88. The predicted molar refractivity (Wildman–Crippen MR) is 124 cm³/mol. The maximum absolute atomic E-state index is 12.3. The molecular weight excluding hydrogens is 374 g/mol. The second-order valence-electron chi connectivity index (χ2n) is 7.43. The summed E-state index contributed by atoms with van der Waals surface area (Å²) in [5, 5.41) is 6.20. The van der Waals surface area contributed by atoms with Crippen molar-refractivity contribution < 1.29 is 9.53 Å². The van der Waals surface area contributed by atoms with Crippen LogP contribution in [0, 0.1) is 0 Å². The van der Waals surface area contributed by atoms with Crippen LogP contribution in [0.5, 0.6) is 5.75 Å². The van der Waals surface area contributed by atoms with Crippen molar-refractivity contribution in [2.24, 2.45) is 0 Å². The molecule has 164 valence electrons. The molecule has 5 nitrogen and oxygen atoms in total. The molecule has 2 N–H and O–H groups in total. The van der Waals surface area contributed by atoms with E-state index in [1.165, 1.54) is 31.5 Å². The SMILES string of the molecule is C1CCNC1.CCN(CC)Cc1ccc(C(=O)NCCc2ccccc2OC)cc1. The Morgan fingerprint density at radius 3 is 2.27 bits per heavy atom. The molecule has 1 heterocycles. The van der Waals surface area contributed by atoms with E-state index in [4.69, 9.17) is 4.74 Å². The van der Waals surface area contributed by atoms with Crippen molar-refractivity contribution >= 4 is 5.91 Å². The highest BCUT2D eigenvalue weighted by Gasteiger charge is 2.07. The molecule has 0 aromatic heterocycles. The van der Waals surface area contributed by atoms with Gasteiger partial charge in [-0.2, -0.15) is 0 Å². The number of amides is 1. The summed E-state index contributed by atoms with van der Waals surface area (Å²) in [6.45, 7) is 10.4. The first-order chi connectivity index (χ1) is 14.7. The molecule has 2 aromatic rings. The topological polar surface area (TPSA) is 53.6 Å². The van der Waals surface area contributed by atoms with Crippen LogP contribution in [0.3, 0.4) is 0 Å². The minimum Gasteiger partial charge on any atom is -0.496 e. The first-order valence-electron chi connectivity index (χ1n) is 11.1. The average molecular weight is 412 g/mol. The van der Waals surface area contributed by atoms with E-state index in [0.717, 1.165) is 37.4 Å². The van der Waals surface area contributed by atoms with Gasteiger partial charge in [0.25, 0.3) is 5.91 Å². The van der Waals surface area contributed by atoms with Crippen molar-refractivity contribution in [2.75, 3.05) is 39.8 Å². The minimum absolute atomic E-state index is 0.0377. The lowest BCUT2D eigenvalue weighted by Crippen LogP contribution is -2.26. The van der Waals surface area contributed by atoms with E-state index in [9.17, 15) is 4.79 Å². The number of benzene rings is 2. The number of para-hydroxylation sites is 1. The molecule has 0 saturated carbocycles. The summed E-state index contributed by atoms with van der Waals surface area (Å²) in [6.07, 6.45) is 3.52. The molecule has 0 bridgehead atoms. The second-order valence-corrected chi connectivity index (χ2v) is 7.43. The molecule has 1 saturated heterocycles. The average Bonchev–Trinajstić information content (AvgIpc) is 3.38. The monoisotopic (exact) mass is 411 g/mol. The molecule has 1 fully saturated rings. The summed E-state index contributed by atoms with van der Waals surface area (Å²) in [5.41, 5.74) is 3.03. The molecule has 1 aliphatic heterocycles. The quantitative estimate of drug-likeness (QED) is 0.658. The standard InChI is InChI=1S/C21H28N2O2.C4H9N/c1-4-23(5-2)16-17-10-12-19(13-11-17)21(24)22-15-14-18-8-6-7-9-20(18)25-3;1-2-4-5-3-1/h6-13H,4-5,14-16H2,1-3H3,(H,22,24);5H,1-4H2. The molecule has 0 spiro atoms. The van der Waals surface area contributed by atoms with Gasteiger partial charge in [-0.05, 0) is 74.8 Å². The normalized spacial score (nSPS) is 12.9. The highest BCUT2D eigenvalue weighted by molar-refractivity contribution is 5.94. The molecule has 0 atom stereocenters. The molecular formula is C25H37N3O2. The van der Waals surface area contributed by atoms with Crippen LogP contribution in [0.25, 0.3) is 0 Å². The van der Waals surface area contributed by atoms with Gasteiger partial charge in [0, 0.05) is 18.7 Å². The van der Waals surface area contributed by atoms with E-state index in [-0.39, 0.29) is 5.91 Å². The number of rotatable bonds is 9. The lowest BCUT2D eigenvalue weighted by atomic mass is 10.1. The summed E-state index contributed by atoms with van der Waals surface area (Å²) in [4.78, 5) is 14.6. The Hall–Kier alpha value is -2.37. The van der Waals surface area contributed by atoms with Crippen LogP contribution in [0.15, 0.2) is 48.5 Å². The molecule has 5 heteroatoms. The summed E-state index contributed by atoms with van der Waals surface area (Å²) in [6, 6.07) is 15.8. The number of nitrogens with one attached hydrogen (secondary N) is 2. The molecule has 2 aromatic carbocycles. The number of methoxy groups -OCH3 is 1. The summed E-state index contributed by atoms with van der Waals surface area (Å²) >= 11 is 0. The smallest absolute Gasteiger partial charge is 0.251 e. The fraction of sp³-hybridized carbons (Fsp3) is 0.480. The Bertz CT molecular complexity index is 731. The van der Waals surface area contributed by atoms with E-state index in [1.54, 1.807) is 7.11 Å². The number of nitrogens with zero attached hydrogens (tertiary/aromatic N) is 1. The zero-order valence-corrected chi connectivity index (χ0v) is 18.7. The Kier molecular flexibility index (Phi) is 11.0. The van der Waals surface area contributed by atoms with Crippen LogP contribution in [0.2, 0.25) is 0 Å². The van der Waals surface area contributed by atoms with Crippen molar-refractivity contribution in [1.82, 2.24) is 15.5 Å². The zero-order valence-electron chi connectivity index (χ0n) is 18.7. The highest BCUT2D eigenvalue weighted by atomic mass is 16.5. The minimum atomic E-state index is -0.0377. The van der Waals surface area contributed by atoms with Gasteiger partial charge in [0.15, 0.2) is 0 Å². The van der Waals surface area contributed by atoms with Gasteiger partial charge in [0.05, 0.1) is 7.11 Å². The number of hydrogen-bond acceptors (Lipinski definition) is 4. The van der Waals surface area contributed by atoms with Crippen molar-refractivity contribution in [3.05, 3.63) is 65.2 Å². The summed E-state index contributed by atoms with van der Waals surface area (Å²) < 4.78 is 5.33. The van der Waals surface area contributed by atoms with Crippen LogP contribution in [0.1, 0.15) is 48.2 Å². The highest BCUT2D eigenvalue weighted by Crippen LogP contribution is 2.17. The van der Waals surface area contributed by atoms with Crippen LogP contribution >= 0.6 is 0 Å².